The molecule has 0 radical (unpaired) electrons. The molecule has 0 aromatic carbocycles. The summed E-state index contributed by atoms with van der Waals surface area (Å²) in [7, 11) is 0. The average Bonchev–Trinajstić information content (AvgIpc) is 3.05. The van der Waals surface area contributed by atoms with E-state index in [-0.39, 0.29) is 18.0 Å². The number of likely N-dealkylation sites (tertiary alicyclic amines) is 1. The molecule has 2 aromatic heterocycles. The fraction of sp³-hybridized carbons (Fsp3) is 0.438. The van der Waals surface area contributed by atoms with Crippen molar-refractivity contribution in [3.63, 3.8) is 0 Å². The van der Waals surface area contributed by atoms with E-state index in [4.69, 9.17) is 10.3 Å². The highest BCUT2D eigenvalue weighted by Gasteiger charge is 2.31. The van der Waals surface area contributed by atoms with Crippen LogP contribution in [0, 0.1) is 0 Å². The summed E-state index contributed by atoms with van der Waals surface area (Å²) in [5.41, 5.74) is 7.21. The Labute approximate surface area is 129 Å². The lowest BCUT2D eigenvalue weighted by Gasteiger charge is -2.37. The second-order valence-corrected chi connectivity index (χ2v) is 5.73. The van der Waals surface area contributed by atoms with Crippen molar-refractivity contribution in [2.45, 2.75) is 38.3 Å². The summed E-state index contributed by atoms with van der Waals surface area (Å²) in [6.07, 6.45) is 6.41. The quantitative estimate of drug-likeness (QED) is 0.938. The van der Waals surface area contributed by atoms with Crippen LogP contribution in [-0.2, 0) is 0 Å². The van der Waals surface area contributed by atoms with E-state index in [1.165, 1.54) is 0 Å². The van der Waals surface area contributed by atoms with Gasteiger partial charge in [0.05, 0.1) is 0 Å². The Kier molecular flexibility index (Phi) is 4.20. The second-order valence-electron chi connectivity index (χ2n) is 5.73. The third kappa shape index (κ3) is 2.87. The SMILES string of the molecule is C[C@H](N)[C@H]1CCCCN1C(=O)c1cc(-c2ccncc2)on1. The molecular weight excluding hydrogens is 280 g/mol. The van der Waals surface area contributed by atoms with E-state index in [9.17, 15) is 4.79 Å². The van der Waals surface area contributed by atoms with E-state index in [2.05, 4.69) is 10.1 Å². The van der Waals surface area contributed by atoms with Crippen LogP contribution in [-0.4, -0.2) is 39.6 Å². The van der Waals surface area contributed by atoms with Gasteiger partial charge >= 0.3 is 0 Å². The number of pyridine rings is 1. The van der Waals surface area contributed by atoms with Crippen molar-refractivity contribution in [3.8, 4) is 11.3 Å². The predicted octanol–water partition coefficient (Wildman–Crippen LogP) is 2.08. The maximum atomic E-state index is 12.7. The molecule has 0 unspecified atom stereocenters. The summed E-state index contributed by atoms with van der Waals surface area (Å²) >= 11 is 0. The van der Waals surface area contributed by atoms with Crippen molar-refractivity contribution >= 4 is 5.91 Å². The van der Waals surface area contributed by atoms with E-state index in [1.54, 1.807) is 18.5 Å². The molecule has 22 heavy (non-hydrogen) atoms. The molecule has 1 fully saturated rings. The summed E-state index contributed by atoms with van der Waals surface area (Å²) in [5, 5.41) is 3.93. The highest BCUT2D eigenvalue weighted by atomic mass is 16.5. The van der Waals surface area contributed by atoms with Gasteiger partial charge in [0.1, 0.15) is 0 Å². The minimum atomic E-state index is -0.106. The first kappa shape index (κ1) is 14.7. The lowest BCUT2D eigenvalue weighted by atomic mass is 9.96. The van der Waals surface area contributed by atoms with Crippen molar-refractivity contribution in [1.29, 1.82) is 0 Å². The standard InChI is InChI=1S/C16H20N4O2/c1-11(17)14-4-2-3-9-20(14)16(21)13-10-15(22-19-13)12-5-7-18-8-6-12/h5-8,10-11,14H,2-4,9,17H2,1H3/t11-,14+/m0/s1. The molecule has 2 N–H and O–H groups in total. The van der Waals surface area contributed by atoms with Gasteiger partial charge in [0, 0.05) is 42.7 Å². The number of hydrogen-bond donors (Lipinski definition) is 1. The van der Waals surface area contributed by atoms with Crippen molar-refractivity contribution < 1.29 is 9.32 Å². The Morgan fingerprint density at radius 1 is 1.41 bits per heavy atom. The molecule has 3 rings (SSSR count). The monoisotopic (exact) mass is 300 g/mol. The second kappa shape index (κ2) is 6.27. The molecule has 1 aliphatic heterocycles. The number of aromatic nitrogens is 2. The highest BCUT2D eigenvalue weighted by molar-refractivity contribution is 5.93. The maximum absolute atomic E-state index is 12.7. The molecule has 2 aromatic rings. The molecule has 6 heteroatoms. The number of carbonyl (C=O) groups is 1. The van der Waals surface area contributed by atoms with E-state index in [0.717, 1.165) is 31.4 Å². The van der Waals surface area contributed by atoms with Crippen molar-refractivity contribution in [2.24, 2.45) is 5.73 Å². The first-order valence-electron chi connectivity index (χ1n) is 7.60. The first-order valence-corrected chi connectivity index (χ1v) is 7.60. The van der Waals surface area contributed by atoms with Gasteiger partial charge in [-0.05, 0) is 38.3 Å². The van der Waals surface area contributed by atoms with Crippen LogP contribution >= 0.6 is 0 Å². The minimum absolute atomic E-state index is 0.0455. The van der Waals surface area contributed by atoms with E-state index < -0.39 is 0 Å². The van der Waals surface area contributed by atoms with Gasteiger partial charge < -0.3 is 15.2 Å². The number of amides is 1. The van der Waals surface area contributed by atoms with Crippen molar-refractivity contribution in [3.05, 3.63) is 36.3 Å². The van der Waals surface area contributed by atoms with Crippen LogP contribution in [0.15, 0.2) is 35.1 Å². The Morgan fingerprint density at radius 3 is 2.91 bits per heavy atom. The number of carbonyl (C=O) groups excluding carboxylic acids is 1. The van der Waals surface area contributed by atoms with Crippen LogP contribution in [0.5, 0.6) is 0 Å². The molecule has 6 nitrogen and oxygen atoms in total. The summed E-state index contributed by atoms with van der Waals surface area (Å²) in [6.45, 7) is 2.67. The fourth-order valence-electron chi connectivity index (χ4n) is 2.93. The Hall–Kier alpha value is -2.21. The van der Waals surface area contributed by atoms with Crippen LogP contribution in [0.2, 0.25) is 0 Å². The number of piperidine rings is 1. The summed E-state index contributed by atoms with van der Waals surface area (Å²) < 4.78 is 5.30. The Morgan fingerprint density at radius 2 is 2.18 bits per heavy atom. The number of hydrogen-bond acceptors (Lipinski definition) is 5. The van der Waals surface area contributed by atoms with Gasteiger partial charge in [0.2, 0.25) is 0 Å². The lowest BCUT2D eigenvalue weighted by Crippen LogP contribution is -2.51. The number of nitrogens with two attached hydrogens (primary N) is 1. The molecule has 1 saturated heterocycles. The van der Waals surface area contributed by atoms with Gasteiger partial charge in [-0.15, -0.1) is 0 Å². The van der Waals surface area contributed by atoms with Crippen LogP contribution < -0.4 is 5.73 Å². The molecule has 2 atom stereocenters. The molecule has 0 aliphatic carbocycles. The first-order chi connectivity index (χ1) is 10.7. The third-order valence-corrected chi connectivity index (χ3v) is 4.11. The zero-order valence-electron chi connectivity index (χ0n) is 12.6. The highest BCUT2D eigenvalue weighted by Crippen LogP contribution is 2.24. The van der Waals surface area contributed by atoms with E-state index in [0.29, 0.717) is 11.5 Å². The molecule has 0 bridgehead atoms. The van der Waals surface area contributed by atoms with Gasteiger partial charge in [-0.2, -0.15) is 0 Å². The minimum Gasteiger partial charge on any atom is -0.355 e. The zero-order chi connectivity index (χ0) is 15.5. The number of rotatable bonds is 3. The van der Waals surface area contributed by atoms with Crippen molar-refractivity contribution in [2.75, 3.05) is 6.54 Å². The topological polar surface area (TPSA) is 85.2 Å². The van der Waals surface area contributed by atoms with E-state index in [1.807, 2.05) is 24.0 Å². The van der Waals surface area contributed by atoms with Crippen LogP contribution in [0.4, 0.5) is 0 Å². The Balaban J connectivity index is 1.82. The fourth-order valence-corrected chi connectivity index (χ4v) is 2.93. The molecule has 0 saturated carbocycles. The molecule has 1 amide bonds. The van der Waals surface area contributed by atoms with Crippen LogP contribution in [0.1, 0.15) is 36.7 Å². The zero-order valence-corrected chi connectivity index (χ0v) is 12.6. The molecule has 116 valence electrons. The van der Waals surface area contributed by atoms with Gasteiger partial charge in [0.15, 0.2) is 11.5 Å². The van der Waals surface area contributed by atoms with Gasteiger partial charge in [0.25, 0.3) is 5.91 Å². The molecule has 3 heterocycles. The van der Waals surface area contributed by atoms with Gasteiger partial charge in [-0.25, -0.2) is 0 Å². The average molecular weight is 300 g/mol. The normalized spacial score (nSPS) is 19.9. The van der Waals surface area contributed by atoms with Crippen LogP contribution in [0.3, 0.4) is 0 Å². The molecule has 1 aliphatic rings. The largest absolute Gasteiger partial charge is 0.355 e. The smallest absolute Gasteiger partial charge is 0.276 e. The Bertz CT molecular complexity index is 639. The summed E-state index contributed by atoms with van der Waals surface area (Å²) in [6, 6.07) is 5.35. The van der Waals surface area contributed by atoms with Gasteiger partial charge in [-0.1, -0.05) is 5.16 Å². The van der Waals surface area contributed by atoms with Crippen LogP contribution in [0.25, 0.3) is 11.3 Å². The molecule has 0 spiro atoms. The predicted molar refractivity (Wildman–Crippen MR) is 82.1 cm³/mol. The lowest BCUT2D eigenvalue weighted by molar-refractivity contribution is 0.0573. The maximum Gasteiger partial charge on any atom is 0.276 e. The third-order valence-electron chi connectivity index (χ3n) is 4.11. The summed E-state index contributed by atoms with van der Waals surface area (Å²) in [4.78, 5) is 18.5. The summed E-state index contributed by atoms with van der Waals surface area (Å²) in [5.74, 6) is 0.464. The van der Waals surface area contributed by atoms with Crippen molar-refractivity contribution in [1.82, 2.24) is 15.0 Å². The number of nitrogens with zero attached hydrogens (tertiary/aromatic N) is 3. The molecular formula is C16H20N4O2. The van der Waals surface area contributed by atoms with Gasteiger partial charge in [-0.3, -0.25) is 9.78 Å². The van der Waals surface area contributed by atoms with E-state index >= 15 is 0 Å².